The lowest BCUT2D eigenvalue weighted by molar-refractivity contribution is -0.384. The van der Waals surface area contributed by atoms with E-state index in [2.05, 4.69) is 47.6 Å². The van der Waals surface area contributed by atoms with Crippen LogP contribution >= 0.6 is 23.4 Å². The van der Waals surface area contributed by atoms with Crippen LogP contribution in [-0.2, 0) is 0 Å². The first kappa shape index (κ1) is 21.9. The maximum Gasteiger partial charge on any atom is 0.270 e. The molecule has 1 amide bonds. The third-order valence-corrected chi connectivity index (χ3v) is 6.49. The summed E-state index contributed by atoms with van der Waals surface area (Å²) in [4.78, 5) is 27.6. The van der Waals surface area contributed by atoms with E-state index in [1.807, 2.05) is 18.2 Å². The number of non-ortho nitro benzene ring substituents is 1. The Labute approximate surface area is 194 Å². The molecule has 3 aromatic carbocycles. The molecule has 0 spiro atoms. The number of para-hydroxylation sites is 1. The zero-order chi connectivity index (χ0) is 22.7. The molecule has 0 saturated carbocycles. The zero-order valence-electron chi connectivity index (χ0n) is 17.2. The molecule has 1 heterocycles. The number of nitrogens with zero attached hydrogens (tertiary/aromatic N) is 1. The van der Waals surface area contributed by atoms with Gasteiger partial charge in [0.2, 0.25) is 0 Å². The maximum atomic E-state index is 12.5. The summed E-state index contributed by atoms with van der Waals surface area (Å²) in [7, 11) is 0. The van der Waals surface area contributed by atoms with E-state index in [1.165, 1.54) is 23.8 Å². The monoisotopic (exact) mass is 465 g/mol. The third-order valence-electron chi connectivity index (χ3n) is 5.04. The molecule has 0 unspecified atom stereocenters. The molecular formula is C24H20ClN3O3S. The van der Waals surface area contributed by atoms with E-state index in [0.29, 0.717) is 12.3 Å². The number of amides is 1. The van der Waals surface area contributed by atoms with Gasteiger partial charge in [0.1, 0.15) is 0 Å². The van der Waals surface area contributed by atoms with Crippen molar-refractivity contribution in [2.75, 3.05) is 12.3 Å². The van der Waals surface area contributed by atoms with Crippen LogP contribution in [0.25, 0.3) is 22.2 Å². The van der Waals surface area contributed by atoms with Crippen LogP contribution in [0, 0.1) is 17.0 Å². The second kappa shape index (κ2) is 9.46. The number of hydrogen-bond acceptors (Lipinski definition) is 4. The Morgan fingerprint density at radius 2 is 1.88 bits per heavy atom. The number of nitro groups is 1. The van der Waals surface area contributed by atoms with Crippen molar-refractivity contribution in [3.8, 4) is 11.3 Å². The Kier molecular flexibility index (Phi) is 6.48. The Hall–Kier alpha value is -3.29. The van der Waals surface area contributed by atoms with Crippen LogP contribution in [0.2, 0.25) is 5.02 Å². The number of nitro benzene ring substituents is 1. The third kappa shape index (κ3) is 4.64. The second-order valence-electron chi connectivity index (χ2n) is 7.27. The van der Waals surface area contributed by atoms with Gasteiger partial charge in [-0.15, -0.1) is 11.8 Å². The predicted octanol–water partition coefficient (Wildman–Crippen LogP) is 6.23. The number of carbonyl (C=O) groups excluding carboxylic acids is 1. The highest BCUT2D eigenvalue weighted by Gasteiger charge is 2.17. The van der Waals surface area contributed by atoms with Gasteiger partial charge < -0.3 is 10.3 Å². The fraction of sp³-hybridized carbons (Fsp3) is 0.125. The molecule has 0 aliphatic carbocycles. The van der Waals surface area contributed by atoms with Gasteiger partial charge in [0.05, 0.1) is 21.2 Å². The number of fused-ring (bicyclic) bond motifs is 1. The van der Waals surface area contributed by atoms with Gasteiger partial charge >= 0.3 is 0 Å². The lowest BCUT2D eigenvalue weighted by atomic mass is 10.1. The number of carbonyl (C=O) groups is 1. The number of halogens is 1. The minimum Gasteiger partial charge on any atom is -0.354 e. The van der Waals surface area contributed by atoms with E-state index in [4.69, 9.17) is 11.6 Å². The second-order valence-corrected chi connectivity index (χ2v) is 8.78. The first-order valence-corrected chi connectivity index (χ1v) is 11.3. The number of H-pyrrole nitrogens is 1. The highest BCUT2D eigenvalue weighted by Crippen LogP contribution is 2.37. The normalized spacial score (nSPS) is 10.9. The highest BCUT2D eigenvalue weighted by molar-refractivity contribution is 7.99. The van der Waals surface area contributed by atoms with Crippen LogP contribution in [-0.4, -0.2) is 28.1 Å². The van der Waals surface area contributed by atoms with Crippen LogP contribution in [0.5, 0.6) is 0 Å². The van der Waals surface area contributed by atoms with Crippen molar-refractivity contribution in [2.45, 2.75) is 11.8 Å². The number of thioether (sulfide) groups is 1. The first-order chi connectivity index (χ1) is 15.4. The van der Waals surface area contributed by atoms with Crippen molar-refractivity contribution in [1.82, 2.24) is 10.3 Å². The molecule has 0 atom stereocenters. The van der Waals surface area contributed by atoms with E-state index >= 15 is 0 Å². The molecule has 0 aliphatic heterocycles. The SMILES string of the molecule is Cc1ccc(-c2[nH]c3ccccc3c2SCCNC(=O)c2cc([N+](=O)[O-])ccc2Cl)cc1. The van der Waals surface area contributed by atoms with E-state index in [9.17, 15) is 14.9 Å². The summed E-state index contributed by atoms with van der Waals surface area (Å²) in [6.45, 7) is 2.44. The summed E-state index contributed by atoms with van der Waals surface area (Å²) in [6, 6.07) is 20.3. The van der Waals surface area contributed by atoms with Gasteiger partial charge in [-0.3, -0.25) is 14.9 Å². The van der Waals surface area contributed by atoms with Crippen molar-refractivity contribution in [3.63, 3.8) is 0 Å². The molecular weight excluding hydrogens is 446 g/mol. The van der Waals surface area contributed by atoms with E-state index in [1.54, 1.807) is 11.8 Å². The molecule has 162 valence electrons. The Morgan fingerprint density at radius 3 is 2.62 bits per heavy atom. The summed E-state index contributed by atoms with van der Waals surface area (Å²) in [5, 5.41) is 15.1. The number of aryl methyl sites for hydroxylation is 1. The standard InChI is InChI=1S/C24H20ClN3O3S/c1-15-6-8-16(9-7-15)22-23(18-4-2-3-5-21(18)27-22)32-13-12-26-24(29)19-14-17(28(30)31)10-11-20(19)25/h2-11,14,27H,12-13H2,1H3,(H,26,29). The van der Waals surface area contributed by atoms with Gasteiger partial charge in [-0.1, -0.05) is 59.6 Å². The maximum absolute atomic E-state index is 12.5. The van der Waals surface area contributed by atoms with Crippen molar-refractivity contribution < 1.29 is 9.72 Å². The van der Waals surface area contributed by atoms with Crippen LogP contribution in [0.3, 0.4) is 0 Å². The summed E-state index contributed by atoms with van der Waals surface area (Å²) in [6.07, 6.45) is 0. The average molecular weight is 466 g/mol. The fourth-order valence-electron chi connectivity index (χ4n) is 3.40. The summed E-state index contributed by atoms with van der Waals surface area (Å²) < 4.78 is 0. The summed E-state index contributed by atoms with van der Waals surface area (Å²) in [5.74, 6) is 0.191. The number of aromatic nitrogens is 1. The molecule has 2 N–H and O–H groups in total. The lowest BCUT2D eigenvalue weighted by Crippen LogP contribution is -2.26. The number of rotatable bonds is 7. The van der Waals surface area contributed by atoms with Crippen LogP contribution < -0.4 is 5.32 Å². The number of nitrogens with one attached hydrogen (secondary N) is 2. The molecule has 0 bridgehead atoms. The minimum absolute atomic E-state index is 0.0957. The molecule has 0 saturated heterocycles. The fourth-order valence-corrected chi connectivity index (χ4v) is 4.66. The van der Waals surface area contributed by atoms with Crippen molar-refractivity contribution in [3.05, 3.63) is 93.0 Å². The van der Waals surface area contributed by atoms with Crippen LogP contribution in [0.1, 0.15) is 15.9 Å². The van der Waals surface area contributed by atoms with Gasteiger partial charge in [-0.25, -0.2) is 0 Å². The Bertz CT molecular complexity index is 1300. The first-order valence-electron chi connectivity index (χ1n) is 9.96. The molecule has 0 fully saturated rings. The predicted molar refractivity (Wildman–Crippen MR) is 130 cm³/mol. The molecule has 32 heavy (non-hydrogen) atoms. The molecule has 4 rings (SSSR count). The topological polar surface area (TPSA) is 88.0 Å². The van der Waals surface area contributed by atoms with Crippen LogP contribution in [0.15, 0.2) is 71.6 Å². The molecule has 1 aromatic heterocycles. The molecule has 8 heteroatoms. The molecule has 0 radical (unpaired) electrons. The average Bonchev–Trinajstić information content (AvgIpc) is 3.15. The number of aromatic amines is 1. The van der Waals surface area contributed by atoms with Gasteiger partial charge in [0.15, 0.2) is 0 Å². The number of hydrogen-bond donors (Lipinski definition) is 2. The Morgan fingerprint density at radius 1 is 1.12 bits per heavy atom. The Balaban J connectivity index is 1.49. The van der Waals surface area contributed by atoms with E-state index in [0.717, 1.165) is 27.1 Å². The molecule has 0 aliphatic rings. The molecule has 6 nitrogen and oxygen atoms in total. The van der Waals surface area contributed by atoms with Gasteiger partial charge in [0.25, 0.3) is 11.6 Å². The number of benzene rings is 3. The lowest BCUT2D eigenvalue weighted by Gasteiger charge is -2.08. The molecule has 4 aromatic rings. The van der Waals surface area contributed by atoms with E-state index < -0.39 is 10.8 Å². The summed E-state index contributed by atoms with van der Waals surface area (Å²) in [5.41, 5.74) is 4.32. The van der Waals surface area contributed by atoms with Gasteiger partial charge in [-0.05, 0) is 24.6 Å². The van der Waals surface area contributed by atoms with E-state index in [-0.39, 0.29) is 16.3 Å². The van der Waals surface area contributed by atoms with Crippen molar-refractivity contribution >= 4 is 45.9 Å². The quantitative estimate of drug-likeness (QED) is 0.146. The van der Waals surface area contributed by atoms with Gasteiger partial charge in [0, 0.05) is 40.2 Å². The van der Waals surface area contributed by atoms with Gasteiger partial charge in [-0.2, -0.15) is 0 Å². The minimum atomic E-state index is -0.549. The smallest absolute Gasteiger partial charge is 0.270 e. The van der Waals surface area contributed by atoms with Crippen LogP contribution in [0.4, 0.5) is 5.69 Å². The van der Waals surface area contributed by atoms with Crippen molar-refractivity contribution in [2.24, 2.45) is 0 Å². The zero-order valence-corrected chi connectivity index (χ0v) is 18.8. The van der Waals surface area contributed by atoms with Crippen molar-refractivity contribution in [1.29, 1.82) is 0 Å². The highest BCUT2D eigenvalue weighted by atomic mass is 35.5. The largest absolute Gasteiger partial charge is 0.354 e. The summed E-state index contributed by atoms with van der Waals surface area (Å²) >= 11 is 7.71.